The number of para-hydroxylation sites is 1. The molecule has 5 heteroatoms. The fraction of sp³-hybridized carbons (Fsp3) is 0.556. The van der Waals surface area contributed by atoms with Crippen LogP contribution in [0.1, 0.15) is 26.0 Å². The van der Waals surface area contributed by atoms with Crippen LogP contribution in [-0.2, 0) is 11.2 Å². The zero-order valence-corrected chi connectivity index (χ0v) is 14.0. The number of likely N-dealkylation sites (tertiary alicyclic amines) is 1. The molecule has 3 rings (SSSR count). The van der Waals surface area contributed by atoms with Gasteiger partial charge in [-0.05, 0) is 30.9 Å². The van der Waals surface area contributed by atoms with Gasteiger partial charge in [-0.1, -0.05) is 32.0 Å². The van der Waals surface area contributed by atoms with Crippen molar-refractivity contribution >= 4 is 16.8 Å². The number of carbonyl (C=O) groups excluding carboxylic acids is 1. The second kappa shape index (κ2) is 7.13. The van der Waals surface area contributed by atoms with Crippen LogP contribution < -0.4 is 5.32 Å². The number of amides is 1. The Morgan fingerprint density at radius 1 is 1.43 bits per heavy atom. The molecule has 5 nitrogen and oxygen atoms in total. The summed E-state index contributed by atoms with van der Waals surface area (Å²) in [4.78, 5) is 14.7. The highest BCUT2D eigenvalue weighted by molar-refractivity contribution is 5.87. The van der Waals surface area contributed by atoms with Gasteiger partial charge in [-0.2, -0.15) is 5.10 Å². The van der Waals surface area contributed by atoms with Gasteiger partial charge in [0.2, 0.25) is 5.91 Å². The number of H-pyrrole nitrogens is 1. The van der Waals surface area contributed by atoms with Gasteiger partial charge < -0.3 is 10.2 Å². The van der Waals surface area contributed by atoms with E-state index in [0.717, 1.165) is 42.8 Å². The fourth-order valence-electron chi connectivity index (χ4n) is 3.39. The topological polar surface area (TPSA) is 61.0 Å². The zero-order chi connectivity index (χ0) is 16.2. The number of fused-ring (bicyclic) bond motifs is 1. The van der Waals surface area contributed by atoms with Gasteiger partial charge in [-0.3, -0.25) is 9.89 Å². The first-order valence-electron chi connectivity index (χ1n) is 8.53. The molecule has 2 N–H and O–H groups in total. The molecular formula is C18H26N4O. The molecular weight excluding hydrogens is 288 g/mol. The summed E-state index contributed by atoms with van der Waals surface area (Å²) in [5.41, 5.74) is 1.81. The van der Waals surface area contributed by atoms with Gasteiger partial charge in [0.15, 0.2) is 0 Å². The summed E-state index contributed by atoms with van der Waals surface area (Å²) in [5.74, 6) is 1.36. The van der Waals surface area contributed by atoms with E-state index >= 15 is 0 Å². The number of carbonyl (C=O) groups is 1. The number of nitrogens with one attached hydrogen (secondary N) is 2. The van der Waals surface area contributed by atoms with E-state index < -0.39 is 0 Å². The SMILES string of the molecule is CC(C)CN1CCC(CNC(=O)Cc2[nH]nc3ccccc23)C1. The van der Waals surface area contributed by atoms with Gasteiger partial charge >= 0.3 is 0 Å². The summed E-state index contributed by atoms with van der Waals surface area (Å²) in [7, 11) is 0. The van der Waals surface area contributed by atoms with Crippen LogP contribution in [0.2, 0.25) is 0 Å². The van der Waals surface area contributed by atoms with Crippen LogP contribution in [0, 0.1) is 11.8 Å². The minimum atomic E-state index is 0.0710. The van der Waals surface area contributed by atoms with Crippen LogP contribution >= 0.6 is 0 Å². The molecule has 1 fully saturated rings. The first-order chi connectivity index (χ1) is 11.1. The van der Waals surface area contributed by atoms with E-state index in [9.17, 15) is 4.79 Å². The van der Waals surface area contributed by atoms with Crippen molar-refractivity contribution in [2.45, 2.75) is 26.7 Å². The Morgan fingerprint density at radius 2 is 2.26 bits per heavy atom. The normalized spacial score (nSPS) is 18.8. The maximum atomic E-state index is 12.2. The monoisotopic (exact) mass is 314 g/mol. The maximum Gasteiger partial charge on any atom is 0.226 e. The van der Waals surface area contributed by atoms with Crippen molar-refractivity contribution in [2.75, 3.05) is 26.2 Å². The number of benzene rings is 1. The number of hydrogen-bond donors (Lipinski definition) is 2. The summed E-state index contributed by atoms with van der Waals surface area (Å²) in [5, 5.41) is 11.3. The van der Waals surface area contributed by atoms with Crippen LogP contribution in [0.3, 0.4) is 0 Å². The predicted molar refractivity (Wildman–Crippen MR) is 92.2 cm³/mol. The third-order valence-electron chi connectivity index (χ3n) is 4.46. The quantitative estimate of drug-likeness (QED) is 0.859. The molecule has 1 amide bonds. The van der Waals surface area contributed by atoms with E-state index in [1.165, 1.54) is 6.42 Å². The number of aromatic amines is 1. The van der Waals surface area contributed by atoms with Crippen LogP contribution in [-0.4, -0.2) is 47.2 Å². The molecule has 0 bridgehead atoms. The minimum absolute atomic E-state index is 0.0710. The smallest absolute Gasteiger partial charge is 0.226 e. The van der Waals surface area contributed by atoms with Gasteiger partial charge in [0, 0.05) is 25.0 Å². The van der Waals surface area contributed by atoms with E-state index in [2.05, 4.69) is 34.3 Å². The lowest BCUT2D eigenvalue weighted by molar-refractivity contribution is -0.120. The Hall–Kier alpha value is -1.88. The summed E-state index contributed by atoms with van der Waals surface area (Å²) in [6.07, 6.45) is 1.54. The average molecular weight is 314 g/mol. The van der Waals surface area contributed by atoms with Gasteiger partial charge in [0.05, 0.1) is 17.6 Å². The lowest BCUT2D eigenvalue weighted by Gasteiger charge is -2.18. The molecule has 0 radical (unpaired) electrons. The van der Waals surface area contributed by atoms with Crippen molar-refractivity contribution in [3.63, 3.8) is 0 Å². The Balaban J connectivity index is 1.47. The van der Waals surface area contributed by atoms with Crippen LogP contribution in [0.5, 0.6) is 0 Å². The van der Waals surface area contributed by atoms with Crippen molar-refractivity contribution in [1.82, 2.24) is 20.4 Å². The molecule has 2 heterocycles. The van der Waals surface area contributed by atoms with Crippen molar-refractivity contribution in [3.05, 3.63) is 30.0 Å². The molecule has 0 aliphatic carbocycles. The summed E-state index contributed by atoms with van der Waals surface area (Å²) >= 11 is 0. The lowest BCUT2D eigenvalue weighted by Crippen LogP contribution is -2.32. The third kappa shape index (κ3) is 4.10. The molecule has 1 unspecified atom stereocenters. The predicted octanol–water partition coefficient (Wildman–Crippen LogP) is 2.20. The van der Waals surface area contributed by atoms with Crippen LogP contribution in [0.4, 0.5) is 0 Å². The van der Waals surface area contributed by atoms with E-state index in [1.807, 2.05) is 24.3 Å². The van der Waals surface area contributed by atoms with Gasteiger partial charge in [0.1, 0.15) is 0 Å². The average Bonchev–Trinajstić information content (AvgIpc) is 3.12. The van der Waals surface area contributed by atoms with Crippen molar-refractivity contribution < 1.29 is 4.79 Å². The molecule has 23 heavy (non-hydrogen) atoms. The van der Waals surface area contributed by atoms with Crippen LogP contribution in [0.25, 0.3) is 10.9 Å². The second-order valence-corrected chi connectivity index (χ2v) is 7.01. The third-order valence-corrected chi connectivity index (χ3v) is 4.46. The molecule has 1 aliphatic heterocycles. The highest BCUT2D eigenvalue weighted by Crippen LogP contribution is 2.17. The lowest BCUT2D eigenvalue weighted by atomic mass is 10.1. The Kier molecular flexibility index (Phi) is 4.96. The molecule has 1 saturated heterocycles. The molecule has 0 saturated carbocycles. The van der Waals surface area contributed by atoms with Crippen LogP contribution in [0.15, 0.2) is 24.3 Å². The summed E-state index contributed by atoms with van der Waals surface area (Å²) in [6.45, 7) is 8.70. The van der Waals surface area contributed by atoms with E-state index in [4.69, 9.17) is 0 Å². The van der Waals surface area contributed by atoms with Crippen molar-refractivity contribution in [2.24, 2.45) is 11.8 Å². The Bertz CT molecular complexity index is 664. The second-order valence-electron chi connectivity index (χ2n) is 7.01. The van der Waals surface area contributed by atoms with Gasteiger partial charge in [0.25, 0.3) is 0 Å². The highest BCUT2D eigenvalue weighted by atomic mass is 16.1. The number of aromatic nitrogens is 2. The fourth-order valence-corrected chi connectivity index (χ4v) is 3.39. The molecule has 1 atom stereocenters. The molecule has 2 aromatic rings. The van der Waals surface area contributed by atoms with Gasteiger partial charge in [-0.25, -0.2) is 0 Å². The number of hydrogen-bond acceptors (Lipinski definition) is 3. The zero-order valence-electron chi connectivity index (χ0n) is 14.0. The molecule has 1 aliphatic rings. The molecule has 124 valence electrons. The number of rotatable bonds is 6. The van der Waals surface area contributed by atoms with Crippen molar-refractivity contribution in [1.29, 1.82) is 0 Å². The van der Waals surface area contributed by atoms with E-state index in [-0.39, 0.29) is 5.91 Å². The van der Waals surface area contributed by atoms with Gasteiger partial charge in [-0.15, -0.1) is 0 Å². The molecule has 1 aromatic heterocycles. The highest BCUT2D eigenvalue weighted by Gasteiger charge is 2.23. The Morgan fingerprint density at radius 3 is 3.09 bits per heavy atom. The largest absolute Gasteiger partial charge is 0.355 e. The van der Waals surface area contributed by atoms with E-state index in [0.29, 0.717) is 18.3 Å². The first-order valence-corrected chi connectivity index (χ1v) is 8.53. The summed E-state index contributed by atoms with van der Waals surface area (Å²) < 4.78 is 0. The molecule has 0 spiro atoms. The standard InChI is InChI=1S/C18H26N4O/c1-13(2)11-22-8-7-14(12-22)10-19-18(23)9-17-15-5-3-4-6-16(15)20-21-17/h3-6,13-14H,7-12H2,1-2H3,(H,19,23)(H,20,21). The molecule has 1 aromatic carbocycles. The van der Waals surface area contributed by atoms with E-state index in [1.54, 1.807) is 0 Å². The van der Waals surface area contributed by atoms with Crippen molar-refractivity contribution in [3.8, 4) is 0 Å². The first kappa shape index (κ1) is 16.0. The Labute approximate surface area is 137 Å². The minimum Gasteiger partial charge on any atom is -0.355 e. The maximum absolute atomic E-state index is 12.2. The number of nitrogens with zero attached hydrogens (tertiary/aromatic N) is 2. The summed E-state index contributed by atoms with van der Waals surface area (Å²) in [6, 6.07) is 7.88.